The first-order valence-corrected chi connectivity index (χ1v) is 11.9. The average molecular weight is 495 g/mol. The number of aromatic nitrogens is 1. The topological polar surface area (TPSA) is 69.9 Å². The number of rotatable bonds is 7. The van der Waals surface area contributed by atoms with Gasteiger partial charge in [0.15, 0.2) is 4.80 Å². The Morgan fingerprint density at radius 2 is 1.88 bits per heavy atom. The molecule has 0 aliphatic carbocycles. The van der Waals surface area contributed by atoms with Crippen molar-refractivity contribution in [3.05, 3.63) is 108 Å². The highest BCUT2D eigenvalue weighted by Gasteiger charge is 2.34. The van der Waals surface area contributed by atoms with Gasteiger partial charge in [0, 0.05) is 12.1 Å². The van der Waals surface area contributed by atoms with E-state index in [9.17, 15) is 9.59 Å². The maximum Gasteiger partial charge on any atom is 0.338 e. The predicted molar refractivity (Wildman–Crippen MR) is 134 cm³/mol. The van der Waals surface area contributed by atoms with E-state index in [1.807, 2.05) is 48.6 Å². The zero-order chi connectivity index (χ0) is 24.1. The molecule has 3 aromatic rings. The summed E-state index contributed by atoms with van der Waals surface area (Å²) in [6, 6.07) is 16.2. The van der Waals surface area contributed by atoms with Crippen LogP contribution < -0.4 is 14.9 Å². The summed E-state index contributed by atoms with van der Waals surface area (Å²) in [5, 5.41) is 0.447. The fourth-order valence-electron chi connectivity index (χ4n) is 3.69. The fraction of sp³-hybridized carbons (Fsp3) is 0.192. The molecule has 6 nitrogen and oxygen atoms in total. The predicted octanol–water partition coefficient (Wildman–Crippen LogP) is 3.74. The number of hydrogen-bond acceptors (Lipinski definition) is 6. The maximum absolute atomic E-state index is 13.5. The first-order chi connectivity index (χ1) is 16.5. The molecule has 4 rings (SSSR count). The Morgan fingerprint density at radius 1 is 1.15 bits per heavy atom. The Hall–Kier alpha value is -3.26. The third kappa shape index (κ3) is 4.97. The van der Waals surface area contributed by atoms with E-state index in [4.69, 9.17) is 21.1 Å². The van der Waals surface area contributed by atoms with Gasteiger partial charge in [-0.05, 0) is 30.2 Å². The molecule has 2 heterocycles. The molecule has 0 radical (unpaired) electrons. The average Bonchev–Trinajstić information content (AvgIpc) is 3.14. The summed E-state index contributed by atoms with van der Waals surface area (Å²) in [4.78, 5) is 31.6. The Balaban J connectivity index is 1.83. The van der Waals surface area contributed by atoms with Gasteiger partial charge in [0.05, 0.1) is 22.4 Å². The number of nitrogens with zero attached hydrogens (tertiary/aromatic N) is 2. The molecule has 0 bridgehead atoms. The molecule has 1 aromatic heterocycles. The van der Waals surface area contributed by atoms with Crippen LogP contribution in [0.4, 0.5) is 0 Å². The van der Waals surface area contributed by atoms with Crippen LogP contribution in [-0.4, -0.2) is 30.9 Å². The van der Waals surface area contributed by atoms with Crippen molar-refractivity contribution in [3.63, 3.8) is 0 Å². The van der Waals surface area contributed by atoms with Crippen molar-refractivity contribution in [2.24, 2.45) is 4.99 Å². The number of thiazole rings is 1. The molecule has 0 N–H and O–H groups in total. The number of ether oxygens (including phenoxy) is 2. The fourth-order valence-corrected chi connectivity index (χ4v) is 4.93. The number of benzene rings is 2. The van der Waals surface area contributed by atoms with E-state index < -0.39 is 12.0 Å². The SMILES string of the molecule is COCCOC(=O)C1=C(C)N=c2s/c(=C\C=C\c3ccccc3)c(=O)n2C1c1ccccc1Cl. The molecular weight excluding hydrogens is 472 g/mol. The molecule has 0 fully saturated rings. The van der Waals surface area contributed by atoms with Crippen molar-refractivity contribution in [3.8, 4) is 0 Å². The summed E-state index contributed by atoms with van der Waals surface area (Å²) in [7, 11) is 1.53. The number of hydrogen-bond donors (Lipinski definition) is 0. The Bertz CT molecular complexity index is 1440. The highest BCUT2D eigenvalue weighted by atomic mass is 35.5. The molecule has 8 heteroatoms. The standard InChI is InChI=1S/C26H23ClN2O4S/c1-17-22(25(31)33-16-15-32-2)23(19-12-6-7-13-20(19)27)29-24(30)21(34-26(29)28-17)14-8-11-18-9-4-3-5-10-18/h3-14,23H,15-16H2,1-2H3/b11-8+,21-14-. The van der Waals surface area contributed by atoms with Gasteiger partial charge in [0.25, 0.3) is 5.56 Å². The minimum absolute atomic E-state index is 0.0933. The first kappa shape index (κ1) is 23.9. The minimum Gasteiger partial charge on any atom is -0.460 e. The number of halogens is 1. The van der Waals surface area contributed by atoms with Crippen LogP contribution in [-0.2, 0) is 14.3 Å². The van der Waals surface area contributed by atoms with Gasteiger partial charge in [0.1, 0.15) is 12.6 Å². The van der Waals surface area contributed by atoms with E-state index in [0.717, 1.165) is 5.56 Å². The summed E-state index contributed by atoms with van der Waals surface area (Å²) in [6.07, 6.45) is 5.52. The quantitative estimate of drug-likeness (QED) is 0.370. The normalized spacial score (nSPS) is 16.0. The van der Waals surface area contributed by atoms with Crippen LogP contribution >= 0.6 is 22.9 Å². The Kier molecular flexibility index (Phi) is 7.57. The van der Waals surface area contributed by atoms with E-state index in [1.54, 1.807) is 31.2 Å². The molecule has 1 atom stereocenters. The van der Waals surface area contributed by atoms with Gasteiger partial charge in [-0.1, -0.05) is 83.6 Å². The summed E-state index contributed by atoms with van der Waals surface area (Å²) < 4.78 is 12.4. The maximum atomic E-state index is 13.5. The smallest absolute Gasteiger partial charge is 0.338 e. The summed E-state index contributed by atoms with van der Waals surface area (Å²) in [6.45, 7) is 2.10. The van der Waals surface area contributed by atoms with E-state index in [-0.39, 0.29) is 24.3 Å². The van der Waals surface area contributed by atoms with Crippen molar-refractivity contribution in [1.29, 1.82) is 0 Å². The second-order valence-electron chi connectivity index (χ2n) is 7.52. The summed E-state index contributed by atoms with van der Waals surface area (Å²) in [5.41, 5.74) is 2.17. The van der Waals surface area contributed by atoms with Crippen LogP contribution in [0, 0.1) is 0 Å². The lowest BCUT2D eigenvalue weighted by Crippen LogP contribution is -2.40. The second kappa shape index (κ2) is 10.8. The van der Waals surface area contributed by atoms with E-state index in [2.05, 4.69) is 4.99 Å². The summed E-state index contributed by atoms with van der Waals surface area (Å²) >= 11 is 7.79. The third-order valence-electron chi connectivity index (χ3n) is 5.30. The molecule has 34 heavy (non-hydrogen) atoms. The van der Waals surface area contributed by atoms with Crippen LogP contribution in [0.15, 0.2) is 81.7 Å². The largest absolute Gasteiger partial charge is 0.460 e. The highest BCUT2D eigenvalue weighted by Crippen LogP contribution is 2.34. The van der Waals surface area contributed by atoms with Gasteiger partial charge in [-0.25, -0.2) is 9.79 Å². The summed E-state index contributed by atoms with van der Waals surface area (Å²) in [5.74, 6) is -0.554. The lowest BCUT2D eigenvalue weighted by Gasteiger charge is -2.25. The molecule has 0 saturated heterocycles. The molecule has 1 aliphatic rings. The van der Waals surface area contributed by atoms with E-state index in [1.165, 1.54) is 23.0 Å². The van der Waals surface area contributed by atoms with Crippen molar-refractivity contribution >= 4 is 41.1 Å². The Morgan fingerprint density at radius 3 is 2.62 bits per heavy atom. The number of methoxy groups -OCH3 is 1. The Labute approximate surface area is 205 Å². The number of carbonyl (C=O) groups is 1. The molecule has 0 amide bonds. The third-order valence-corrected chi connectivity index (χ3v) is 6.64. The van der Waals surface area contributed by atoms with Gasteiger partial charge in [-0.3, -0.25) is 9.36 Å². The molecule has 0 saturated carbocycles. The molecule has 1 aliphatic heterocycles. The van der Waals surface area contributed by atoms with Gasteiger partial charge in [0.2, 0.25) is 0 Å². The number of fused-ring (bicyclic) bond motifs is 1. The molecule has 2 aromatic carbocycles. The van der Waals surface area contributed by atoms with Crippen LogP contribution in [0.2, 0.25) is 5.02 Å². The van der Waals surface area contributed by atoms with Gasteiger partial charge >= 0.3 is 5.97 Å². The van der Waals surface area contributed by atoms with Crippen LogP contribution in [0.1, 0.15) is 24.1 Å². The molecule has 1 unspecified atom stereocenters. The molecule has 0 spiro atoms. The van der Waals surface area contributed by atoms with E-state index in [0.29, 0.717) is 25.6 Å². The highest BCUT2D eigenvalue weighted by molar-refractivity contribution is 7.07. The number of esters is 1. The molecular formula is C26H23ClN2O4S. The zero-order valence-corrected chi connectivity index (χ0v) is 20.3. The van der Waals surface area contributed by atoms with Gasteiger partial charge in [-0.15, -0.1) is 0 Å². The lowest BCUT2D eigenvalue weighted by atomic mass is 9.96. The van der Waals surface area contributed by atoms with E-state index >= 15 is 0 Å². The van der Waals surface area contributed by atoms with Crippen molar-refractivity contribution < 1.29 is 14.3 Å². The monoisotopic (exact) mass is 494 g/mol. The van der Waals surface area contributed by atoms with Crippen LogP contribution in [0.5, 0.6) is 0 Å². The number of allylic oxidation sites excluding steroid dienone is 2. The van der Waals surface area contributed by atoms with Gasteiger partial charge < -0.3 is 9.47 Å². The van der Waals surface area contributed by atoms with Crippen molar-refractivity contribution in [2.75, 3.05) is 20.3 Å². The first-order valence-electron chi connectivity index (χ1n) is 10.7. The lowest BCUT2D eigenvalue weighted by molar-refractivity contribution is -0.140. The van der Waals surface area contributed by atoms with Crippen LogP contribution in [0.3, 0.4) is 0 Å². The van der Waals surface area contributed by atoms with Gasteiger partial charge in [-0.2, -0.15) is 0 Å². The van der Waals surface area contributed by atoms with Crippen LogP contribution in [0.25, 0.3) is 12.2 Å². The van der Waals surface area contributed by atoms with Crippen molar-refractivity contribution in [2.45, 2.75) is 13.0 Å². The minimum atomic E-state index is -0.750. The van der Waals surface area contributed by atoms with Crippen molar-refractivity contribution in [1.82, 2.24) is 4.57 Å². The number of carbonyl (C=O) groups excluding carboxylic acids is 1. The molecule has 174 valence electrons. The zero-order valence-electron chi connectivity index (χ0n) is 18.7. The second-order valence-corrected chi connectivity index (χ2v) is 8.94.